The second-order valence-corrected chi connectivity index (χ2v) is 3.27. The second kappa shape index (κ2) is 3.39. The quantitative estimate of drug-likeness (QED) is 0.626. The van der Waals surface area contributed by atoms with Crippen LogP contribution >= 0.6 is 34.2 Å². The van der Waals surface area contributed by atoms with Gasteiger partial charge in [-0.05, 0) is 28.7 Å². The molecular formula is C6H5ClINO. The molecule has 0 spiro atoms. The van der Waals surface area contributed by atoms with Crippen LogP contribution in [0.25, 0.3) is 0 Å². The Labute approximate surface area is 77.4 Å². The summed E-state index contributed by atoms with van der Waals surface area (Å²) in [5.74, 6) is 0.421. The zero-order valence-electron chi connectivity index (χ0n) is 5.01. The van der Waals surface area contributed by atoms with Crippen LogP contribution in [0.2, 0.25) is 0 Å². The molecule has 54 valence electrons. The third-order valence-electron chi connectivity index (χ3n) is 1.04. The van der Waals surface area contributed by atoms with E-state index in [0.717, 1.165) is 3.57 Å². The van der Waals surface area contributed by atoms with Gasteiger partial charge in [0.25, 0.3) is 0 Å². The van der Waals surface area contributed by atoms with E-state index in [0.29, 0.717) is 5.69 Å². The lowest BCUT2D eigenvalue weighted by Gasteiger charge is -1.97. The lowest BCUT2D eigenvalue weighted by atomic mass is 10.3. The van der Waals surface area contributed by atoms with Gasteiger partial charge in [-0.2, -0.15) is 0 Å². The SMILES string of the molecule is Oc1cc(I)cnc1CCl. The highest BCUT2D eigenvalue weighted by Gasteiger charge is 1.99. The summed E-state index contributed by atoms with van der Waals surface area (Å²) in [6.45, 7) is 0. The van der Waals surface area contributed by atoms with E-state index in [9.17, 15) is 0 Å². The summed E-state index contributed by atoms with van der Waals surface area (Å²) in [7, 11) is 0. The zero-order valence-corrected chi connectivity index (χ0v) is 7.93. The normalized spacial score (nSPS) is 9.80. The highest BCUT2D eigenvalue weighted by Crippen LogP contribution is 2.18. The van der Waals surface area contributed by atoms with Gasteiger partial charge in [0, 0.05) is 9.77 Å². The molecule has 0 bridgehead atoms. The first-order valence-corrected chi connectivity index (χ1v) is 4.24. The molecule has 0 radical (unpaired) electrons. The van der Waals surface area contributed by atoms with Gasteiger partial charge in [0.1, 0.15) is 5.75 Å². The Morgan fingerprint density at radius 2 is 2.40 bits per heavy atom. The number of nitrogens with zero attached hydrogens (tertiary/aromatic N) is 1. The van der Waals surface area contributed by atoms with Gasteiger partial charge in [0.05, 0.1) is 11.6 Å². The molecule has 1 N–H and O–H groups in total. The van der Waals surface area contributed by atoms with E-state index in [4.69, 9.17) is 16.7 Å². The summed E-state index contributed by atoms with van der Waals surface area (Å²) in [5, 5.41) is 9.14. The number of alkyl halides is 1. The molecule has 10 heavy (non-hydrogen) atoms. The van der Waals surface area contributed by atoms with Crippen molar-refractivity contribution in [3.63, 3.8) is 0 Å². The molecule has 0 saturated carbocycles. The van der Waals surface area contributed by atoms with Crippen LogP contribution in [0.5, 0.6) is 5.75 Å². The van der Waals surface area contributed by atoms with Crippen molar-refractivity contribution >= 4 is 34.2 Å². The van der Waals surface area contributed by atoms with E-state index in [-0.39, 0.29) is 11.6 Å². The lowest BCUT2D eigenvalue weighted by Crippen LogP contribution is -1.85. The van der Waals surface area contributed by atoms with Crippen LogP contribution in [-0.2, 0) is 5.88 Å². The van der Waals surface area contributed by atoms with Crippen molar-refractivity contribution < 1.29 is 5.11 Å². The first-order valence-electron chi connectivity index (χ1n) is 2.63. The molecule has 0 saturated heterocycles. The molecule has 0 fully saturated rings. The Balaban J connectivity index is 3.07. The molecule has 1 rings (SSSR count). The Morgan fingerprint density at radius 1 is 1.70 bits per heavy atom. The summed E-state index contributed by atoms with van der Waals surface area (Å²) >= 11 is 7.53. The van der Waals surface area contributed by atoms with Crippen LogP contribution < -0.4 is 0 Å². The van der Waals surface area contributed by atoms with E-state index >= 15 is 0 Å². The molecule has 0 aliphatic heterocycles. The number of aromatic nitrogens is 1. The van der Waals surface area contributed by atoms with Crippen molar-refractivity contribution in [2.75, 3.05) is 0 Å². The van der Waals surface area contributed by atoms with Crippen molar-refractivity contribution in [3.05, 3.63) is 21.5 Å². The van der Waals surface area contributed by atoms with Crippen molar-refractivity contribution in [2.24, 2.45) is 0 Å². The fourth-order valence-corrected chi connectivity index (χ4v) is 1.20. The largest absolute Gasteiger partial charge is 0.506 e. The Bertz CT molecular complexity index is 241. The minimum absolute atomic E-state index is 0.168. The molecule has 1 aromatic heterocycles. The minimum Gasteiger partial charge on any atom is -0.506 e. The molecular weight excluding hydrogens is 264 g/mol. The third kappa shape index (κ3) is 1.73. The van der Waals surface area contributed by atoms with Crippen molar-refractivity contribution in [1.82, 2.24) is 4.98 Å². The third-order valence-corrected chi connectivity index (χ3v) is 1.88. The topological polar surface area (TPSA) is 33.1 Å². The van der Waals surface area contributed by atoms with Gasteiger partial charge in [-0.25, -0.2) is 0 Å². The molecule has 0 atom stereocenters. The molecule has 0 unspecified atom stereocenters. The van der Waals surface area contributed by atoms with Crippen molar-refractivity contribution in [3.8, 4) is 5.75 Å². The van der Waals surface area contributed by atoms with Gasteiger partial charge in [0.2, 0.25) is 0 Å². The lowest BCUT2D eigenvalue weighted by molar-refractivity contribution is 0.466. The number of pyridine rings is 1. The van der Waals surface area contributed by atoms with Gasteiger partial charge in [-0.3, -0.25) is 4.98 Å². The predicted octanol–water partition coefficient (Wildman–Crippen LogP) is 2.13. The molecule has 0 amide bonds. The van der Waals surface area contributed by atoms with Gasteiger partial charge >= 0.3 is 0 Å². The van der Waals surface area contributed by atoms with Gasteiger partial charge in [-0.1, -0.05) is 0 Å². The second-order valence-electron chi connectivity index (χ2n) is 1.75. The number of halogens is 2. The van der Waals surface area contributed by atoms with Gasteiger partial charge in [0.15, 0.2) is 0 Å². The van der Waals surface area contributed by atoms with E-state index in [1.807, 2.05) is 0 Å². The summed E-state index contributed by atoms with van der Waals surface area (Å²) in [4.78, 5) is 3.91. The van der Waals surface area contributed by atoms with E-state index < -0.39 is 0 Å². The first kappa shape index (κ1) is 8.07. The van der Waals surface area contributed by atoms with Crippen LogP contribution in [0.15, 0.2) is 12.3 Å². The van der Waals surface area contributed by atoms with Crippen LogP contribution in [0.1, 0.15) is 5.69 Å². The van der Waals surface area contributed by atoms with Crippen LogP contribution in [-0.4, -0.2) is 10.1 Å². The van der Waals surface area contributed by atoms with Crippen molar-refractivity contribution in [2.45, 2.75) is 5.88 Å². The fourth-order valence-electron chi connectivity index (χ4n) is 0.560. The monoisotopic (exact) mass is 269 g/mol. The smallest absolute Gasteiger partial charge is 0.139 e. The number of hydrogen-bond acceptors (Lipinski definition) is 2. The maximum absolute atomic E-state index is 9.14. The van der Waals surface area contributed by atoms with Crippen LogP contribution in [0.4, 0.5) is 0 Å². The standard InChI is InChI=1S/C6H5ClINO/c7-2-5-6(10)1-4(8)3-9-5/h1,3,10H,2H2. The molecule has 0 aliphatic carbocycles. The molecule has 0 aliphatic rings. The average molecular weight is 269 g/mol. The Kier molecular flexibility index (Phi) is 2.73. The van der Waals surface area contributed by atoms with Crippen LogP contribution in [0.3, 0.4) is 0 Å². The van der Waals surface area contributed by atoms with E-state index in [1.165, 1.54) is 0 Å². The predicted molar refractivity (Wildman–Crippen MR) is 48.2 cm³/mol. The summed E-state index contributed by atoms with van der Waals surface area (Å²) in [5.41, 5.74) is 0.530. The Morgan fingerprint density at radius 3 is 2.90 bits per heavy atom. The van der Waals surface area contributed by atoms with Gasteiger partial charge in [-0.15, -0.1) is 11.6 Å². The van der Waals surface area contributed by atoms with Crippen molar-refractivity contribution in [1.29, 1.82) is 0 Å². The Hall–Kier alpha value is -0.0300. The fraction of sp³-hybridized carbons (Fsp3) is 0.167. The average Bonchev–Trinajstić information content (AvgIpc) is 1.88. The molecule has 1 heterocycles. The summed E-state index contributed by atoms with van der Waals surface area (Å²) in [6.07, 6.45) is 1.66. The van der Waals surface area contributed by atoms with E-state index in [2.05, 4.69) is 27.6 Å². The van der Waals surface area contributed by atoms with E-state index in [1.54, 1.807) is 12.3 Å². The molecule has 4 heteroatoms. The van der Waals surface area contributed by atoms with Crippen LogP contribution in [0, 0.1) is 3.57 Å². The molecule has 0 aromatic carbocycles. The van der Waals surface area contributed by atoms with Gasteiger partial charge < -0.3 is 5.11 Å². The highest BCUT2D eigenvalue weighted by atomic mass is 127. The molecule has 2 nitrogen and oxygen atoms in total. The first-order chi connectivity index (χ1) is 4.74. The zero-order chi connectivity index (χ0) is 7.56. The maximum atomic E-state index is 9.14. The maximum Gasteiger partial charge on any atom is 0.139 e. The number of aromatic hydroxyl groups is 1. The number of rotatable bonds is 1. The minimum atomic E-state index is 0.168. The number of hydrogen-bond donors (Lipinski definition) is 1. The summed E-state index contributed by atoms with van der Waals surface area (Å²) in [6, 6.07) is 1.63. The summed E-state index contributed by atoms with van der Waals surface area (Å²) < 4.78 is 0.906. The highest BCUT2D eigenvalue weighted by molar-refractivity contribution is 14.1. The molecule has 1 aromatic rings.